The average Bonchev–Trinajstić information content (AvgIpc) is 3.21. The normalized spacial score (nSPS) is 28.4. The Morgan fingerprint density at radius 1 is 1.03 bits per heavy atom. The van der Waals surface area contributed by atoms with Crippen molar-refractivity contribution in [1.82, 2.24) is 25.1 Å². The van der Waals surface area contributed by atoms with Crippen LogP contribution in [0.2, 0.25) is 5.02 Å². The van der Waals surface area contributed by atoms with Crippen LogP contribution in [0, 0.1) is 5.41 Å². The van der Waals surface area contributed by atoms with Crippen LogP contribution < -0.4 is 10.6 Å². The first-order valence-corrected chi connectivity index (χ1v) is 11.7. The van der Waals surface area contributed by atoms with Crippen molar-refractivity contribution in [3.63, 3.8) is 0 Å². The van der Waals surface area contributed by atoms with E-state index < -0.39 is 5.92 Å². The molecule has 0 bridgehead atoms. The van der Waals surface area contributed by atoms with Crippen LogP contribution in [0.4, 0.5) is 14.7 Å². The quantitative estimate of drug-likeness (QED) is 0.707. The lowest BCUT2D eigenvalue weighted by Crippen LogP contribution is -2.52. The standard InChI is InChI=1S/C22H27ClF2N6/c23-17-11-26-20(29-14-3-1-13(2-4-14)28-15-7-22(24,25)8-15)30-19(17)16-10-27-31-12-21(5-6-21)9-18(16)31/h10-11,13-15,28H,1-9,12H2,(H,26,29,30)/t13-,14-. The number of aromatic nitrogens is 4. The highest BCUT2D eigenvalue weighted by molar-refractivity contribution is 6.33. The maximum atomic E-state index is 13.0. The molecule has 3 aliphatic carbocycles. The number of nitrogens with one attached hydrogen (secondary N) is 2. The minimum Gasteiger partial charge on any atom is -0.351 e. The van der Waals surface area contributed by atoms with E-state index in [-0.39, 0.29) is 24.9 Å². The van der Waals surface area contributed by atoms with Crippen LogP contribution in [-0.4, -0.2) is 43.8 Å². The van der Waals surface area contributed by atoms with Crippen molar-refractivity contribution in [3.8, 4) is 11.3 Å². The number of halogens is 3. The smallest absolute Gasteiger partial charge is 0.251 e. The Hall–Kier alpha value is -1.80. The molecule has 9 heteroatoms. The molecular weight excluding hydrogens is 422 g/mol. The van der Waals surface area contributed by atoms with Gasteiger partial charge in [-0.15, -0.1) is 0 Å². The lowest BCUT2D eigenvalue weighted by Gasteiger charge is -2.40. The van der Waals surface area contributed by atoms with Gasteiger partial charge in [-0.25, -0.2) is 18.7 Å². The molecule has 4 aliphatic rings. The van der Waals surface area contributed by atoms with E-state index in [4.69, 9.17) is 16.6 Å². The van der Waals surface area contributed by atoms with Gasteiger partial charge in [-0.1, -0.05) is 11.6 Å². The number of anilines is 1. The predicted molar refractivity (Wildman–Crippen MR) is 114 cm³/mol. The largest absolute Gasteiger partial charge is 0.351 e. The number of nitrogens with zero attached hydrogens (tertiary/aromatic N) is 4. The molecule has 3 saturated carbocycles. The summed E-state index contributed by atoms with van der Waals surface area (Å²) >= 11 is 6.47. The third kappa shape index (κ3) is 3.82. The molecule has 0 atom stereocenters. The predicted octanol–water partition coefficient (Wildman–Crippen LogP) is 4.44. The fraction of sp³-hybridized carbons (Fsp3) is 0.682. The van der Waals surface area contributed by atoms with Gasteiger partial charge in [0.2, 0.25) is 5.95 Å². The van der Waals surface area contributed by atoms with Crippen LogP contribution in [0.3, 0.4) is 0 Å². The molecule has 1 aliphatic heterocycles. The molecule has 0 unspecified atom stereocenters. The molecular formula is C22H27ClF2N6. The highest BCUT2D eigenvalue weighted by atomic mass is 35.5. The first kappa shape index (κ1) is 19.9. The molecule has 0 saturated heterocycles. The highest BCUT2D eigenvalue weighted by Gasteiger charge is 2.49. The van der Waals surface area contributed by atoms with Crippen LogP contribution in [0.5, 0.6) is 0 Å². The van der Waals surface area contributed by atoms with Gasteiger partial charge in [0.25, 0.3) is 5.92 Å². The first-order chi connectivity index (χ1) is 14.9. The zero-order chi connectivity index (χ0) is 21.2. The van der Waals surface area contributed by atoms with Crippen molar-refractivity contribution in [1.29, 1.82) is 0 Å². The van der Waals surface area contributed by atoms with Crippen LogP contribution in [-0.2, 0) is 13.0 Å². The summed E-state index contributed by atoms with van der Waals surface area (Å²) in [7, 11) is 0. The molecule has 6 nitrogen and oxygen atoms in total. The summed E-state index contributed by atoms with van der Waals surface area (Å²) in [6.45, 7) is 1.01. The van der Waals surface area contributed by atoms with Gasteiger partial charge in [-0.05, 0) is 50.4 Å². The third-order valence-corrected chi connectivity index (χ3v) is 7.83. The Morgan fingerprint density at radius 2 is 1.77 bits per heavy atom. The number of hydrogen-bond donors (Lipinski definition) is 2. The zero-order valence-electron chi connectivity index (χ0n) is 17.4. The Kier molecular flexibility index (Phi) is 4.55. The maximum Gasteiger partial charge on any atom is 0.251 e. The molecule has 3 fully saturated rings. The average molecular weight is 449 g/mol. The Balaban J connectivity index is 1.09. The lowest BCUT2D eigenvalue weighted by molar-refractivity contribution is -0.0954. The van der Waals surface area contributed by atoms with Crippen molar-refractivity contribution in [3.05, 3.63) is 23.1 Å². The van der Waals surface area contributed by atoms with Crippen LogP contribution in [0.15, 0.2) is 12.4 Å². The van der Waals surface area contributed by atoms with Crippen molar-refractivity contribution >= 4 is 17.5 Å². The van der Waals surface area contributed by atoms with Crippen LogP contribution in [0.25, 0.3) is 11.3 Å². The summed E-state index contributed by atoms with van der Waals surface area (Å²) in [5, 5.41) is 12.0. The van der Waals surface area contributed by atoms with Gasteiger partial charge in [0.15, 0.2) is 0 Å². The van der Waals surface area contributed by atoms with Gasteiger partial charge >= 0.3 is 0 Å². The second-order valence-corrected chi connectivity index (χ2v) is 10.5. The monoisotopic (exact) mass is 448 g/mol. The van der Waals surface area contributed by atoms with Crippen molar-refractivity contribution in [2.75, 3.05) is 5.32 Å². The topological polar surface area (TPSA) is 67.7 Å². The van der Waals surface area contributed by atoms with Crippen LogP contribution >= 0.6 is 11.6 Å². The Morgan fingerprint density at radius 3 is 2.48 bits per heavy atom. The molecule has 0 aromatic carbocycles. The number of alkyl halides is 2. The van der Waals surface area contributed by atoms with Crippen molar-refractivity contribution < 1.29 is 8.78 Å². The third-order valence-electron chi connectivity index (χ3n) is 7.55. The number of hydrogen-bond acceptors (Lipinski definition) is 5. The summed E-state index contributed by atoms with van der Waals surface area (Å²) in [5.74, 6) is -1.87. The Bertz CT molecular complexity index is 988. The maximum absolute atomic E-state index is 13.0. The van der Waals surface area contributed by atoms with Gasteiger partial charge in [-0.3, -0.25) is 4.68 Å². The molecule has 1 spiro atoms. The summed E-state index contributed by atoms with van der Waals surface area (Å²) in [5.41, 5.74) is 3.43. The molecule has 2 aromatic heterocycles. The summed E-state index contributed by atoms with van der Waals surface area (Å²) in [6.07, 6.45) is 11.0. The number of rotatable bonds is 5. The minimum atomic E-state index is -2.46. The minimum absolute atomic E-state index is 0.0216. The summed E-state index contributed by atoms with van der Waals surface area (Å²) in [6, 6.07) is 0.576. The molecule has 0 radical (unpaired) electrons. The van der Waals surface area contributed by atoms with Gasteiger partial charge in [0.05, 0.1) is 23.1 Å². The molecule has 2 aromatic rings. The van der Waals surface area contributed by atoms with E-state index in [0.29, 0.717) is 22.4 Å². The lowest BCUT2D eigenvalue weighted by atomic mass is 9.85. The summed E-state index contributed by atoms with van der Waals surface area (Å²) < 4.78 is 28.2. The number of fused-ring (bicyclic) bond motifs is 1. The van der Waals surface area contributed by atoms with E-state index in [2.05, 4.69) is 25.4 Å². The summed E-state index contributed by atoms with van der Waals surface area (Å²) in [4.78, 5) is 9.16. The van der Waals surface area contributed by atoms with Gasteiger partial charge < -0.3 is 10.6 Å². The van der Waals surface area contributed by atoms with E-state index in [1.165, 1.54) is 18.5 Å². The molecule has 2 N–H and O–H groups in total. The second-order valence-electron chi connectivity index (χ2n) is 10.1. The van der Waals surface area contributed by atoms with Crippen molar-refractivity contribution in [2.24, 2.45) is 5.41 Å². The van der Waals surface area contributed by atoms with E-state index in [1.807, 2.05) is 6.20 Å². The zero-order valence-corrected chi connectivity index (χ0v) is 18.1. The van der Waals surface area contributed by atoms with E-state index in [9.17, 15) is 8.78 Å². The van der Waals surface area contributed by atoms with Crippen LogP contribution in [0.1, 0.15) is 57.1 Å². The fourth-order valence-corrected chi connectivity index (χ4v) is 5.69. The fourth-order valence-electron chi connectivity index (χ4n) is 5.50. The van der Waals surface area contributed by atoms with E-state index in [1.54, 1.807) is 6.20 Å². The second kappa shape index (κ2) is 7.10. The van der Waals surface area contributed by atoms with Crippen molar-refractivity contribution in [2.45, 2.75) is 88.4 Å². The molecule has 0 amide bonds. The molecule has 6 rings (SSSR count). The molecule has 3 heterocycles. The Labute approximate surface area is 185 Å². The SMILES string of the molecule is FC1(F)CC(N[C@H]2CC[C@H](Nc3ncc(Cl)c(-c4cnn5c4CC4(CC4)C5)n3)CC2)C1. The van der Waals surface area contributed by atoms with E-state index in [0.717, 1.165) is 49.9 Å². The first-order valence-electron chi connectivity index (χ1n) is 11.4. The van der Waals surface area contributed by atoms with Gasteiger partial charge in [-0.2, -0.15) is 5.10 Å². The molecule has 31 heavy (non-hydrogen) atoms. The van der Waals surface area contributed by atoms with E-state index >= 15 is 0 Å². The highest BCUT2D eigenvalue weighted by Crippen LogP contribution is 2.54. The van der Waals surface area contributed by atoms with Gasteiger partial charge in [0.1, 0.15) is 0 Å². The molecule has 166 valence electrons. The van der Waals surface area contributed by atoms with Gasteiger partial charge in [0, 0.05) is 48.8 Å².